The van der Waals surface area contributed by atoms with E-state index in [4.69, 9.17) is 30.5 Å². The molecule has 1 aliphatic rings. The lowest BCUT2D eigenvalue weighted by atomic mass is 10.2. The fourth-order valence-corrected chi connectivity index (χ4v) is 2.24. The van der Waals surface area contributed by atoms with Gasteiger partial charge in [-0.3, -0.25) is 0 Å². The molecule has 1 heterocycles. The summed E-state index contributed by atoms with van der Waals surface area (Å²) in [4.78, 5) is 11.8. The minimum absolute atomic E-state index is 0.172. The van der Waals surface area contributed by atoms with Crippen LogP contribution in [0.1, 0.15) is 5.56 Å². The standard InChI is InChI=1S/C16H13ClO5/c1-10-6-11(17)2-4-13(10)19-8-16(18)22-12-3-5-14-15(7-12)21-9-20-14/h2-7H,8-9H2,1H3. The first-order valence-corrected chi connectivity index (χ1v) is 6.99. The number of benzene rings is 2. The molecule has 0 radical (unpaired) electrons. The molecule has 0 saturated carbocycles. The van der Waals surface area contributed by atoms with Crippen LogP contribution in [0.5, 0.6) is 23.0 Å². The predicted molar refractivity (Wildman–Crippen MR) is 79.9 cm³/mol. The van der Waals surface area contributed by atoms with Gasteiger partial charge in [-0.05, 0) is 42.8 Å². The molecule has 6 heteroatoms. The molecule has 5 nitrogen and oxygen atoms in total. The largest absolute Gasteiger partial charge is 0.482 e. The molecule has 0 saturated heterocycles. The van der Waals surface area contributed by atoms with E-state index in [0.717, 1.165) is 5.56 Å². The molecule has 0 spiro atoms. The van der Waals surface area contributed by atoms with Gasteiger partial charge in [-0.1, -0.05) is 11.6 Å². The van der Waals surface area contributed by atoms with E-state index in [1.165, 1.54) is 0 Å². The number of hydrogen-bond acceptors (Lipinski definition) is 5. The minimum Gasteiger partial charge on any atom is -0.482 e. The van der Waals surface area contributed by atoms with Crippen LogP contribution in [-0.2, 0) is 4.79 Å². The lowest BCUT2D eigenvalue weighted by Gasteiger charge is -2.09. The topological polar surface area (TPSA) is 54.0 Å². The molecule has 114 valence electrons. The molecule has 1 aliphatic heterocycles. The molecule has 0 aliphatic carbocycles. The van der Waals surface area contributed by atoms with E-state index in [0.29, 0.717) is 28.0 Å². The zero-order chi connectivity index (χ0) is 15.5. The molecule has 3 rings (SSSR count). The molecular weight excluding hydrogens is 308 g/mol. The van der Waals surface area contributed by atoms with Crippen molar-refractivity contribution in [2.24, 2.45) is 0 Å². The quantitative estimate of drug-likeness (QED) is 0.638. The van der Waals surface area contributed by atoms with Crippen LogP contribution in [0.15, 0.2) is 36.4 Å². The minimum atomic E-state index is -0.506. The SMILES string of the molecule is Cc1cc(Cl)ccc1OCC(=O)Oc1ccc2c(c1)OCO2. The lowest BCUT2D eigenvalue weighted by molar-refractivity contribution is -0.136. The molecule has 0 unspecified atom stereocenters. The van der Waals surface area contributed by atoms with Crippen LogP contribution in [0.3, 0.4) is 0 Å². The number of ether oxygens (including phenoxy) is 4. The lowest BCUT2D eigenvalue weighted by Crippen LogP contribution is -2.18. The third-order valence-electron chi connectivity index (χ3n) is 3.06. The number of halogens is 1. The van der Waals surface area contributed by atoms with Crippen molar-refractivity contribution in [3.8, 4) is 23.0 Å². The summed E-state index contributed by atoms with van der Waals surface area (Å²) >= 11 is 5.86. The average molecular weight is 321 g/mol. The van der Waals surface area contributed by atoms with Crippen molar-refractivity contribution in [2.45, 2.75) is 6.92 Å². The Morgan fingerprint density at radius 1 is 1.18 bits per heavy atom. The maximum absolute atomic E-state index is 11.8. The molecule has 0 N–H and O–H groups in total. The number of esters is 1. The molecular formula is C16H13ClO5. The van der Waals surface area contributed by atoms with Crippen molar-refractivity contribution in [1.29, 1.82) is 0 Å². The van der Waals surface area contributed by atoms with Crippen LogP contribution in [0, 0.1) is 6.92 Å². The molecule has 0 bridgehead atoms. The van der Waals surface area contributed by atoms with Gasteiger partial charge in [0, 0.05) is 11.1 Å². The van der Waals surface area contributed by atoms with Crippen LogP contribution in [0.4, 0.5) is 0 Å². The summed E-state index contributed by atoms with van der Waals surface area (Å²) < 4.78 is 21.0. The number of fused-ring (bicyclic) bond motifs is 1. The van der Waals surface area contributed by atoms with Crippen LogP contribution >= 0.6 is 11.6 Å². The number of aryl methyl sites for hydroxylation is 1. The van der Waals surface area contributed by atoms with Crippen molar-refractivity contribution in [2.75, 3.05) is 13.4 Å². The van der Waals surface area contributed by atoms with Crippen molar-refractivity contribution in [1.82, 2.24) is 0 Å². The van der Waals surface area contributed by atoms with Gasteiger partial charge in [-0.15, -0.1) is 0 Å². The van der Waals surface area contributed by atoms with Crippen LogP contribution < -0.4 is 18.9 Å². The van der Waals surface area contributed by atoms with E-state index in [9.17, 15) is 4.79 Å². The van der Waals surface area contributed by atoms with E-state index < -0.39 is 5.97 Å². The van der Waals surface area contributed by atoms with E-state index in [1.54, 1.807) is 36.4 Å². The highest BCUT2D eigenvalue weighted by Crippen LogP contribution is 2.35. The smallest absolute Gasteiger partial charge is 0.349 e. The summed E-state index contributed by atoms with van der Waals surface area (Å²) in [5.74, 6) is 1.65. The molecule has 0 amide bonds. The Morgan fingerprint density at radius 2 is 2.00 bits per heavy atom. The van der Waals surface area contributed by atoms with Gasteiger partial charge in [0.1, 0.15) is 11.5 Å². The average Bonchev–Trinajstić information content (AvgIpc) is 2.94. The summed E-state index contributed by atoms with van der Waals surface area (Å²) in [5.41, 5.74) is 0.850. The first-order chi connectivity index (χ1) is 10.6. The Kier molecular flexibility index (Phi) is 4.06. The van der Waals surface area contributed by atoms with Gasteiger partial charge >= 0.3 is 5.97 Å². The van der Waals surface area contributed by atoms with Gasteiger partial charge in [0.05, 0.1) is 0 Å². The van der Waals surface area contributed by atoms with Crippen molar-refractivity contribution >= 4 is 17.6 Å². The van der Waals surface area contributed by atoms with E-state index in [2.05, 4.69) is 0 Å². The Labute approximate surface area is 132 Å². The molecule has 0 atom stereocenters. The molecule has 0 fully saturated rings. The Balaban J connectivity index is 1.58. The highest BCUT2D eigenvalue weighted by molar-refractivity contribution is 6.30. The summed E-state index contributed by atoms with van der Waals surface area (Å²) in [6.45, 7) is 1.83. The number of carbonyl (C=O) groups excluding carboxylic acids is 1. The Morgan fingerprint density at radius 3 is 2.82 bits per heavy atom. The number of carbonyl (C=O) groups is 1. The van der Waals surface area contributed by atoms with E-state index in [-0.39, 0.29) is 13.4 Å². The second kappa shape index (κ2) is 6.15. The predicted octanol–water partition coefficient (Wildman–Crippen LogP) is 3.36. The number of rotatable bonds is 4. The van der Waals surface area contributed by atoms with E-state index >= 15 is 0 Å². The van der Waals surface area contributed by atoms with Gasteiger partial charge in [0.15, 0.2) is 18.1 Å². The Bertz CT molecular complexity index is 714. The maximum atomic E-state index is 11.8. The fourth-order valence-electron chi connectivity index (χ4n) is 2.01. The van der Waals surface area contributed by atoms with Gasteiger partial charge < -0.3 is 18.9 Å². The highest BCUT2D eigenvalue weighted by Gasteiger charge is 2.15. The monoisotopic (exact) mass is 320 g/mol. The summed E-state index contributed by atoms with van der Waals surface area (Å²) in [5, 5.41) is 0.618. The maximum Gasteiger partial charge on any atom is 0.349 e. The first-order valence-electron chi connectivity index (χ1n) is 6.61. The van der Waals surface area contributed by atoms with Crippen molar-refractivity contribution < 1.29 is 23.7 Å². The number of hydrogen-bond donors (Lipinski definition) is 0. The highest BCUT2D eigenvalue weighted by atomic mass is 35.5. The molecule has 0 aromatic heterocycles. The van der Waals surface area contributed by atoms with E-state index in [1.807, 2.05) is 6.92 Å². The second-order valence-electron chi connectivity index (χ2n) is 4.69. The third kappa shape index (κ3) is 3.26. The van der Waals surface area contributed by atoms with Gasteiger partial charge in [-0.2, -0.15) is 0 Å². The van der Waals surface area contributed by atoms with Crippen LogP contribution in [-0.4, -0.2) is 19.4 Å². The fraction of sp³-hybridized carbons (Fsp3) is 0.188. The van der Waals surface area contributed by atoms with Gasteiger partial charge in [0.25, 0.3) is 0 Å². The zero-order valence-corrected chi connectivity index (χ0v) is 12.6. The molecule has 2 aromatic carbocycles. The van der Waals surface area contributed by atoms with Crippen molar-refractivity contribution in [3.63, 3.8) is 0 Å². The summed E-state index contributed by atoms with van der Waals surface area (Å²) in [6, 6.07) is 10.1. The van der Waals surface area contributed by atoms with Crippen LogP contribution in [0.2, 0.25) is 5.02 Å². The molecule has 2 aromatic rings. The van der Waals surface area contributed by atoms with Gasteiger partial charge in [0.2, 0.25) is 6.79 Å². The van der Waals surface area contributed by atoms with Crippen LogP contribution in [0.25, 0.3) is 0 Å². The third-order valence-corrected chi connectivity index (χ3v) is 3.29. The second-order valence-corrected chi connectivity index (χ2v) is 5.12. The van der Waals surface area contributed by atoms with Gasteiger partial charge in [-0.25, -0.2) is 4.79 Å². The van der Waals surface area contributed by atoms with Crippen molar-refractivity contribution in [3.05, 3.63) is 47.0 Å². The first kappa shape index (κ1) is 14.5. The normalized spacial score (nSPS) is 12.1. The summed E-state index contributed by atoms with van der Waals surface area (Å²) in [7, 11) is 0. The summed E-state index contributed by atoms with van der Waals surface area (Å²) in [6.07, 6.45) is 0. The zero-order valence-electron chi connectivity index (χ0n) is 11.8. The molecule has 22 heavy (non-hydrogen) atoms. The Hall–Kier alpha value is -2.40.